The molecule has 0 aromatic heterocycles. The lowest BCUT2D eigenvalue weighted by Gasteiger charge is -2.15. The number of benzene rings is 1. The molecule has 1 aromatic rings. The number of ether oxygens (including phenoxy) is 3. The first-order valence-corrected chi connectivity index (χ1v) is 7.15. The first-order chi connectivity index (χ1) is 10.2. The summed E-state index contributed by atoms with van der Waals surface area (Å²) in [7, 11) is 0. The lowest BCUT2D eigenvalue weighted by Crippen LogP contribution is -2.28. The van der Waals surface area contributed by atoms with E-state index in [-0.39, 0.29) is 18.5 Å². The predicted molar refractivity (Wildman–Crippen MR) is 76.1 cm³/mol. The molecular formula is C16H20O5. The van der Waals surface area contributed by atoms with E-state index in [1.807, 2.05) is 6.07 Å². The van der Waals surface area contributed by atoms with Crippen LogP contribution in [0.5, 0.6) is 0 Å². The minimum atomic E-state index is -0.697. The number of carbonyl (C=O) groups excluding carboxylic acids is 2. The van der Waals surface area contributed by atoms with Gasteiger partial charge in [0.15, 0.2) is 18.5 Å². The van der Waals surface area contributed by atoms with E-state index in [4.69, 9.17) is 14.2 Å². The maximum absolute atomic E-state index is 11.8. The summed E-state index contributed by atoms with van der Waals surface area (Å²) in [5, 5.41) is 0. The SMILES string of the molecule is CC(OCC1CCCO1)C(=O)OCC(=O)c1ccccc1. The zero-order chi connectivity index (χ0) is 15.1. The van der Waals surface area contributed by atoms with Crippen LogP contribution >= 0.6 is 0 Å². The van der Waals surface area contributed by atoms with E-state index < -0.39 is 12.1 Å². The summed E-state index contributed by atoms with van der Waals surface area (Å²) < 4.78 is 15.8. The third-order valence-electron chi connectivity index (χ3n) is 3.33. The van der Waals surface area contributed by atoms with Crippen LogP contribution in [0.2, 0.25) is 0 Å². The maximum Gasteiger partial charge on any atom is 0.335 e. The number of carbonyl (C=O) groups is 2. The van der Waals surface area contributed by atoms with Crippen molar-refractivity contribution < 1.29 is 23.8 Å². The highest BCUT2D eigenvalue weighted by Crippen LogP contribution is 2.13. The quantitative estimate of drug-likeness (QED) is 0.568. The van der Waals surface area contributed by atoms with Crippen molar-refractivity contribution in [3.63, 3.8) is 0 Å². The van der Waals surface area contributed by atoms with Gasteiger partial charge in [0.1, 0.15) is 0 Å². The van der Waals surface area contributed by atoms with Crippen LogP contribution in [0.3, 0.4) is 0 Å². The summed E-state index contributed by atoms with van der Waals surface area (Å²) in [4.78, 5) is 23.5. The van der Waals surface area contributed by atoms with Crippen LogP contribution in [-0.4, -0.2) is 43.8 Å². The van der Waals surface area contributed by atoms with E-state index >= 15 is 0 Å². The van der Waals surface area contributed by atoms with Gasteiger partial charge in [0.2, 0.25) is 0 Å². The van der Waals surface area contributed by atoms with E-state index in [9.17, 15) is 9.59 Å². The molecule has 5 heteroatoms. The van der Waals surface area contributed by atoms with Crippen molar-refractivity contribution in [2.45, 2.75) is 32.0 Å². The maximum atomic E-state index is 11.8. The molecular weight excluding hydrogens is 272 g/mol. The molecule has 2 rings (SSSR count). The van der Waals surface area contributed by atoms with Gasteiger partial charge in [-0.25, -0.2) is 4.79 Å². The van der Waals surface area contributed by atoms with Crippen LogP contribution in [0.1, 0.15) is 30.1 Å². The zero-order valence-corrected chi connectivity index (χ0v) is 12.1. The van der Waals surface area contributed by atoms with Crippen LogP contribution in [0.25, 0.3) is 0 Å². The number of rotatable bonds is 7. The van der Waals surface area contributed by atoms with E-state index in [2.05, 4.69) is 0 Å². The molecule has 0 amide bonds. The molecule has 0 saturated carbocycles. The molecule has 114 valence electrons. The Morgan fingerprint density at radius 1 is 1.33 bits per heavy atom. The third-order valence-corrected chi connectivity index (χ3v) is 3.33. The number of ketones is 1. The van der Waals surface area contributed by atoms with Crippen LogP contribution < -0.4 is 0 Å². The van der Waals surface area contributed by atoms with Crippen molar-refractivity contribution in [3.05, 3.63) is 35.9 Å². The van der Waals surface area contributed by atoms with Gasteiger partial charge < -0.3 is 14.2 Å². The summed E-state index contributed by atoms with van der Waals surface area (Å²) in [5.41, 5.74) is 0.526. The number of Topliss-reactive ketones (excluding diaryl/α,β-unsaturated/α-hetero) is 1. The highest BCUT2D eigenvalue weighted by atomic mass is 16.6. The molecule has 21 heavy (non-hydrogen) atoms. The Hall–Kier alpha value is -1.72. The molecule has 1 aliphatic heterocycles. The fourth-order valence-corrected chi connectivity index (χ4v) is 2.06. The molecule has 2 unspecified atom stereocenters. The Bertz CT molecular complexity index is 465. The fraction of sp³-hybridized carbons (Fsp3) is 0.500. The average molecular weight is 292 g/mol. The topological polar surface area (TPSA) is 61.8 Å². The summed E-state index contributed by atoms with van der Waals surface area (Å²) in [6.07, 6.45) is 1.34. The van der Waals surface area contributed by atoms with Gasteiger partial charge in [-0.2, -0.15) is 0 Å². The minimum absolute atomic E-state index is 0.0613. The fourth-order valence-electron chi connectivity index (χ4n) is 2.06. The third kappa shape index (κ3) is 4.95. The lowest BCUT2D eigenvalue weighted by molar-refractivity contribution is -0.156. The first kappa shape index (κ1) is 15.7. The first-order valence-electron chi connectivity index (χ1n) is 7.15. The van der Waals surface area contributed by atoms with Crippen molar-refractivity contribution >= 4 is 11.8 Å². The van der Waals surface area contributed by atoms with Crippen molar-refractivity contribution in [1.82, 2.24) is 0 Å². The van der Waals surface area contributed by atoms with Crippen LogP contribution in [0.15, 0.2) is 30.3 Å². The molecule has 1 aliphatic rings. The zero-order valence-electron chi connectivity index (χ0n) is 12.1. The Labute approximate surface area is 124 Å². The van der Waals surface area contributed by atoms with Gasteiger partial charge >= 0.3 is 5.97 Å². The van der Waals surface area contributed by atoms with E-state index in [0.29, 0.717) is 12.2 Å². The summed E-state index contributed by atoms with van der Waals surface area (Å²) in [6.45, 7) is 2.47. The molecule has 0 bridgehead atoms. The molecule has 0 spiro atoms. The van der Waals surface area contributed by atoms with E-state index in [0.717, 1.165) is 19.4 Å². The predicted octanol–water partition coefficient (Wildman–Crippen LogP) is 2.00. The smallest absolute Gasteiger partial charge is 0.335 e. The number of esters is 1. The van der Waals surface area contributed by atoms with Crippen molar-refractivity contribution in [2.75, 3.05) is 19.8 Å². The average Bonchev–Trinajstić information content (AvgIpc) is 3.04. The van der Waals surface area contributed by atoms with E-state index in [1.165, 1.54) is 0 Å². The molecule has 1 heterocycles. The van der Waals surface area contributed by atoms with Crippen molar-refractivity contribution in [3.8, 4) is 0 Å². The van der Waals surface area contributed by atoms with Gasteiger partial charge in [-0.1, -0.05) is 30.3 Å². The molecule has 0 N–H and O–H groups in total. The van der Waals surface area contributed by atoms with Crippen LogP contribution in [-0.2, 0) is 19.0 Å². The highest BCUT2D eigenvalue weighted by Gasteiger charge is 2.21. The van der Waals surface area contributed by atoms with E-state index in [1.54, 1.807) is 31.2 Å². The van der Waals surface area contributed by atoms with Crippen molar-refractivity contribution in [1.29, 1.82) is 0 Å². The molecule has 0 aliphatic carbocycles. The normalized spacial score (nSPS) is 19.2. The molecule has 1 aromatic carbocycles. The molecule has 5 nitrogen and oxygen atoms in total. The summed E-state index contributed by atoms with van der Waals surface area (Å²) in [5.74, 6) is -0.757. The Kier molecular flexibility index (Phi) is 5.90. The second-order valence-corrected chi connectivity index (χ2v) is 5.01. The Morgan fingerprint density at radius 3 is 2.76 bits per heavy atom. The van der Waals surface area contributed by atoms with Gasteiger partial charge in [-0.3, -0.25) is 4.79 Å². The standard InChI is InChI=1S/C16H20O5/c1-12(20-10-14-8-5-9-19-14)16(18)21-11-15(17)13-6-3-2-4-7-13/h2-4,6-7,12,14H,5,8-11H2,1H3. The molecule has 2 atom stereocenters. The summed E-state index contributed by atoms with van der Waals surface area (Å²) >= 11 is 0. The lowest BCUT2D eigenvalue weighted by atomic mass is 10.1. The van der Waals surface area contributed by atoms with Gasteiger partial charge in [-0.05, 0) is 19.8 Å². The van der Waals surface area contributed by atoms with Gasteiger partial charge in [0, 0.05) is 12.2 Å². The Morgan fingerprint density at radius 2 is 2.10 bits per heavy atom. The monoisotopic (exact) mass is 292 g/mol. The highest BCUT2D eigenvalue weighted by molar-refractivity contribution is 5.98. The number of hydrogen-bond acceptors (Lipinski definition) is 5. The number of hydrogen-bond donors (Lipinski definition) is 0. The second-order valence-electron chi connectivity index (χ2n) is 5.01. The second kappa shape index (κ2) is 7.90. The summed E-state index contributed by atoms with van der Waals surface area (Å²) in [6, 6.07) is 8.73. The van der Waals surface area contributed by atoms with Crippen LogP contribution in [0, 0.1) is 0 Å². The molecule has 1 fully saturated rings. The largest absolute Gasteiger partial charge is 0.455 e. The Balaban J connectivity index is 1.69. The minimum Gasteiger partial charge on any atom is -0.455 e. The van der Waals surface area contributed by atoms with Crippen LogP contribution in [0.4, 0.5) is 0 Å². The molecule has 0 radical (unpaired) electrons. The van der Waals surface area contributed by atoms with Gasteiger partial charge in [-0.15, -0.1) is 0 Å². The van der Waals surface area contributed by atoms with Crippen molar-refractivity contribution in [2.24, 2.45) is 0 Å². The molecule has 1 saturated heterocycles. The van der Waals surface area contributed by atoms with Gasteiger partial charge in [0.05, 0.1) is 12.7 Å². The van der Waals surface area contributed by atoms with Gasteiger partial charge in [0.25, 0.3) is 0 Å².